The Morgan fingerprint density at radius 1 is 0.618 bits per heavy atom. The molecule has 192 valence electrons. The van der Waals surface area contributed by atoms with Gasteiger partial charge in [-0.25, -0.2) is 0 Å². The zero-order valence-electron chi connectivity index (χ0n) is 20.1. The van der Waals surface area contributed by atoms with Gasteiger partial charge in [0.15, 0.2) is 24.4 Å². The lowest BCUT2D eigenvalue weighted by Crippen LogP contribution is -2.58. The molecule has 0 aromatic rings. The van der Waals surface area contributed by atoms with E-state index in [1.807, 2.05) is 0 Å². The molecule has 0 unspecified atom stereocenters. The zero-order chi connectivity index (χ0) is 26.6. The van der Waals surface area contributed by atoms with Crippen LogP contribution in [0.4, 0.5) is 0 Å². The SMILES string of the molecule is CC(=O)NN(C[C@@H](OC(C)=O)[C@H](OC(C)=O)[C@@H](OC(C)=O)[C@@H](COC(C)=O)OC(C)=O)C(C)=O. The lowest BCUT2D eigenvalue weighted by atomic mass is 10.0. The van der Waals surface area contributed by atoms with Gasteiger partial charge in [-0.1, -0.05) is 0 Å². The van der Waals surface area contributed by atoms with Gasteiger partial charge in [-0.15, -0.1) is 0 Å². The lowest BCUT2D eigenvalue weighted by Gasteiger charge is -2.36. The predicted molar refractivity (Wildman–Crippen MR) is 110 cm³/mol. The molecule has 0 radical (unpaired) electrons. The van der Waals surface area contributed by atoms with Crippen LogP contribution in [0.5, 0.6) is 0 Å². The maximum absolute atomic E-state index is 12.0. The van der Waals surface area contributed by atoms with Crippen LogP contribution in [0.3, 0.4) is 0 Å². The average molecular weight is 490 g/mol. The molecule has 14 nitrogen and oxygen atoms in total. The highest BCUT2D eigenvalue weighted by molar-refractivity contribution is 5.79. The molecule has 0 aliphatic heterocycles. The van der Waals surface area contributed by atoms with Crippen LogP contribution >= 0.6 is 0 Å². The molecule has 14 heteroatoms. The van der Waals surface area contributed by atoms with Crippen molar-refractivity contribution in [3.63, 3.8) is 0 Å². The Balaban J connectivity index is 6.55. The van der Waals surface area contributed by atoms with E-state index in [1.54, 1.807) is 0 Å². The van der Waals surface area contributed by atoms with Gasteiger partial charge in [0, 0.05) is 48.5 Å². The zero-order valence-corrected chi connectivity index (χ0v) is 20.1. The Hall–Kier alpha value is -3.71. The van der Waals surface area contributed by atoms with Crippen molar-refractivity contribution < 1.29 is 57.2 Å². The molecule has 0 bridgehead atoms. The Kier molecular flexibility index (Phi) is 12.9. The highest BCUT2D eigenvalue weighted by Gasteiger charge is 2.44. The number of carbonyl (C=O) groups excluding carboxylic acids is 7. The molecule has 0 aromatic heterocycles. The number of nitrogens with zero attached hydrogens (tertiary/aromatic N) is 1. The van der Waals surface area contributed by atoms with Crippen molar-refractivity contribution in [2.75, 3.05) is 13.2 Å². The average Bonchev–Trinajstić information content (AvgIpc) is 2.65. The second-order valence-corrected chi connectivity index (χ2v) is 7.04. The fourth-order valence-electron chi connectivity index (χ4n) is 2.75. The van der Waals surface area contributed by atoms with E-state index in [4.69, 9.17) is 23.7 Å². The molecule has 0 fully saturated rings. The third kappa shape index (κ3) is 12.4. The first kappa shape index (κ1) is 30.3. The Labute approximate surface area is 196 Å². The van der Waals surface area contributed by atoms with Crippen molar-refractivity contribution in [1.82, 2.24) is 10.4 Å². The standard InChI is InChI=1S/C20H30N2O12/c1-10(23)21-22(11(2)24)8-17(31-13(4)26)19(33-15(6)28)20(34-16(7)29)18(32-14(5)27)9-30-12(3)25/h17-20H,8-9H2,1-7H3,(H,21,23)/t17-,18-,19+,20+/m1/s1. The van der Waals surface area contributed by atoms with E-state index in [1.165, 1.54) is 0 Å². The van der Waals surface area contributed by atoms with Crippen molar-refractivity contribution in [2.45, 2.75) is 72.9 Å². The predicted octanol–water partition coefficient (Wildman–Crippen LogP) is -0.824. The van der Waals surface area contributed by atoms with E-state index in [0.29, 0.717) is 0 Å². The van der Waals surface area contributed by atoms with Crippen LogP contribution in [0.25, 0.3) is 0 Å². The fraction of sp³-hybridized carbons (Fsp3) is 0.650. The van der Waals surface area contributed by atoms with Gasteiger partial charge in [0.2, 0.25) is 11.8 Å². The molecule has 0 spiro atoms. The quantitative estimate of drug-likeness (QED) is 0.216. The first-order valence-corrected chi connectivity index (χ1v) is 10.0. The molecule has 1 N–H and O–H groups in total. The molecule has 0 heterocycles. The minimum Gasteiger partial charge on any atom is -0.462 e. The molecule has 0 aliphatic rings. The molecule has 0 saturated heterocycles. The molecule has 2 amide bonds. The highest BCUT2D eigenvalue weighted by Crippen LogP contribution is 2.21. The molecule has 34 heavy (non-hydrogen) atoms. The van der Waals surface area contributed by atoms with Crippen LogP contribution in [0.2, 0.25) is 0 Å². The number of ether oxygens (including phenoxy) is 5. The summed E-state index contributed by atoms with van der Waals surface area (Å²) in [6.45, 7) is 6.22. The minimum absolute atomic E-state index is 0.551. The van der Waals surface area contributed by atoms with Gasteiger partial charge in [0.25, 0.3) is 0 Å². The van der Waals surface area contributed by atoms with Crippen molar-refractivity contribution >= 4 is 41.7 Å². The number of hydrogen-bond acceptors (Lipinski definition) is 12. The number of rotatable bonds is 11. The van der Waals surface area contributed by atoms with Crippen molar-refractivity contribution in [3.05, 3.63) is 0 Å². The van der Waals surface area contributed by atoms with Crippen molar-refractivity contribution in [3.8, 4) is 0 Å². The molecule has 4 atom stereocenters. The normalized spacial score (nSPS) is 13.7. The number of esters is 5. The third-order valence-corrected chi connectivity index (χ3v) is 3.78. The summed E-state index contributed by atoms with van der Waals surface area (Å²) in [5.74, 6) is -5.62. The van der Waals surface area contributed by atoms with Crippen LogP contribution < -0.4 is 5.43 Å². The number of amides is 2. The topological polar surface area (TPSA) is 181 Å². The summed E-state index contributed by atoms with van der Waals surface area (Å²) in [7, 11) is 0. The maximum atomic E-state index is 12.0. The lowest BCUT2D eigenvalue weighted by molar-refractivity contribution is -0.204. The van der Waals surface area contributed by atoms with E-state index < -0.39 is 79.2 Å². The van der Waals surface area contributed by atoms with Gasteiger partial charge in [-0.2, -0.15) is 0 Å². The van der Waals surface area contributed by atoms with Gasteiger partial charge in [0.1, 0.15) is 6.61 Å². The van der Waals surface area contributed by atoms with Crippen LogP contribution in [0.15, 0.2) is 0 Å². The van der Waals surface area contributed by atoms with Crippen LogP contribution in [-0.2, 0) is 57.2 Å². The van der Waals surface area contributed by atoms with E-state index in [0.717, 1.165) is 53.5 Å². The van der Waals surface area contributed by atoms with E-state index >= 15 is 0 Å². The van der Waals surface area contributed by atoms with E-state index in [9.17, 15) is 33.6 Å². The summed E-state index contributed by atoms with van der Waals surface area (Å²) < 4.78 is 25.7. The largest absolute Gasteiger partial charge is 0.462 e. The second-order valence-electron chi connectivity index (χ2n) is 7.04. The molecule has 0 saturated carbocycles. The molecule has 0 aliphatic carbocycles. The number of hydrazine groups is 1. The Morgan fingerprint density at radius 2 is 1.03 bits per heavy atom. The van der Waals surface area contributed by atoms with Crippen molar-refractivity contribution in [2.24, 2.45) is 0 Å². The van der Waals surface area contributed by atoms with Gasteiger partial charge >= 0.3 is 29.8 Å². The molecule has 0 rings (SSSR count). The van der Waals surface area contributed by atoms with Gasteiger partial charge in [0.05, 0.1) is 6.54 Å². The first-order valence-electron chi connectivity index (χ1n) is 10.0. The summed E-state index contributed by atoms with van der Waals surface area (Å²) >= 11 is 0. The summed E-state index contributed by atoms with van der Waals surface area (Å²) in [6, 6.07) is 0. The highest BCUT2D eigenvalue weighted by atomic mass is 16.6. The fourth-order valence-corrected chi connectivity index (χ4v) is 2.75. The Morgan fingerprint density at radius 3 is 1.38 bits per heavy atom. The summed E-state index contributed by atoms with van der Waals surface area (Å²) in [5, 5.41) is 0.782. The van der Waals surface area contributed by atoms with E-state index in [-0.39, 0.29) is 0 Å². The number of hydrogen-bond donors (Lipinski definition) is 1. The first-order chi connectivity index (χ1) is 15.6. The van der Waals surface area contributed by atoms with Gasteiger partial charge in [-0.3, -0.25) is 44.0 Å². The minimum atomic E-state index is -1.67. The van der Waals surface area contributed by atoms with Crippen LogP contribution in [-0.4, -0.2) is 84.2 Å². The maximum Gasteiger partial charge on any atom is 0.303 e. The van der Waals surface area contributed by atoms with Gasteiger partial charge in [-0.05, 0) is 0 Å². The molecular weight excluding hydrogens is 460 g/mol. The Bertz CT molecular complexity index is 796. The summed E-state index contributed by atoms with van der Waals surface area (Å²) in [5.41, 5.74) is 2.22. The van der Waals surface area contributed by atoms with Crippen molar-refractivity contribution in [1.29, 1.82) is 0 Å². The van der Waals surface area contributed by atoms with Gasteiger partial charge < -0.3 is 23.7 Å². The molecular formula is C20H30N2O12. The molecule has 0 aromatic carbocycles. The number of carbonyl (C=O) groups is 7. The third-order valence-electron chi connectivity index (χ3n) is 3.78. The van der Waals surface area contributed by atoms with E-state index in [2.05, 4.69) is 5.43 Å². The smallest absolute Gasteiger partial charge is 0.303 e. The second kappa shape index (κ2) is 14.4. The monoisotopic (exact) mass is 490 g/mol. The van der Waals surface area contributed by atoms with Crippen LogP contribution in [0.1, 0.15) is 48.5 Å². The number of nitrogens with one attached hydrogen (secondary N) is 1. The van der Waals surface area contributed by atoms with Crippen LogP contribution in [0, 0.1) is 0 Å². The summed E-state index contributed by atoms with van der Waals surface area (Å²) in [4.78, 5) is 82.0. The summed E-state index contributed by atoms with van der Waals surface area (Å²) in [6.07, 6.45) is -6.35.